The van der Waals surface area contributed by atoms with Crippen molar-refractivity contribution in [1.82, 2.24) is 20.3 Å². The highest BCUT2D eigenvalue weighted by Crippen LogP contribution is 2.21. The maximum absolute atomic E-state index is 12.2. The molecule has 0 bridgehead atoms. The van der Waals surface area contributed by atoms with Crippen molar-refractivity contribution in [2.75, 3.05) is 19.0 Å². The quantitative estimate of drug-likeness (QED) is 0.798. The first-order valence-electron chi connectivity index (χ1n) is 6.76. The number of nitrogens with zero attached hydrogens (tertiary/aromatic N) is 4. The average Bonchev–Trinajstić information content (AvgIpc) is 2.97. The molecule has 6 nitrogen and oxygen atoms in total. The largest absolute Gasteiger partial charge is 0.347 e. The van der Waals surface area contributed by atoms with E-state index in [1.165, 1.54) is 11.3 Å². The number of carbonyl (C=O) groups excluding carboxylic acids is 1. The number of hydrogen-bond donors (Lipinski definition) is 1. The number of hydrogen-bond acceptors (Lipinski definition) is 6. The van der Waals surface area contributed by atoms with Crippen molar-refractivity contribution >= 4 is 33.4 Å². The first kappa shape index (κ1) is 14.4. The average molecular weight is 313 g/mol. The van der Waals surface area contributed by atoms with E-state index < -0.39 is 0 Å². The Hall–Kier alpha value is -2.54. The summed E-state index contributed by atoms with van der Waals surface area (Å²) in [7, 11) is 3.75. The van der Waals surface area contributed by atoms with Crippen LogP contribution in [0.25, 0.3) is 10.2 Å². The molecule has 3 rings (SSSR count). The van der Waals surface area contributed by atoms with Crippen molar-refractivity contribution in [2.45, 2.75) is 6.54 Å². The summed E-state index contributed by atoms with van der Waals surface area (Å²) in [6, 6.07) is 9.48. The van der Waals surface area contributed by atoms with Crippen molar-refractivity contribution in [2.24, 2.45) is 0 Å². The number of benzene rings is 1. The number of para-hydroxylation sites is 1. The molecule has 0 spiro atoms. The minimum absolute atomic E-state index is 0.189. The molecule has 112 valence electrons. The molecule has 0 aliphatic heterocycles. The van der Waals surface area contributed by atoms with Gasteiger partial charge in [0.05, 0.1) is 22.5 Å². The lowest BCUT2D eigenvalue weighted by Crippen LogP contribution is -2.23. The molecule has 7 heteroatoms. The third-order valence-electron chi connectivity index (χ3n) is 3.02. The minimum atomic E-state index is -0.189. The number of rotatable bonds is 4. The summed E-state index contributed by atoms with van der Waals surface area (Å²) in [5, 5.41) is 3.30. The molecule has 0 saturated heterocycles. The van der Waals surface area contributed by atoms with Gasteiger partial charge in [0.15, 0.2) is 5.01 Å². The molecule has 1 N–H and O–H groups in total. The number of fused-ring (bicyclic) bond motifs is 1. The summed E-state index contributed by atoms with van der Waals surface area (Å²) >= 11 is 1.38. The van der Waals surface area contributed by atoms with Gasteiger partial charge in [-0.05, 0) is 18.2 Å². The van der Waals surface area contributed by atoms with E-state index in [1.807, 2.05) is 43.3 Å². The van der Waals surface area contributed by atoms with E-state index in [9.17, 15) is 4.79 Å². The first-order chi connectivity index (χ1) is 10.6. The molecule has 0 fully saturated rings. The second-order valence-electron chi connectivity index (χ2n) is 4.91. The van der Waals surface area contributed by atoms with Crippen molar-refractivity contribution in [3.63, 3.8) is 0 Å². The fourth-order valence-electron chi connectivity index (χ4n) is 1.91. The molecule has 0 unspecified atom stereocenters. The Kier molecular flexibility index (Phi) is 3.97. The van der Waals surface area contributed by atoms with Gasteiger partial charge in [0.1, 0.15) is 0 Å². The maximum Gasteiger partial charge on any atom is 0.280 e. The van der Waals surface area contributed by atoms with E-state index in [2.05, 4.69) is 20.3 Å². The number of anilines is 1. The first-order valence-corrected chi connectivity index (χ1v) is 7.58. The molecule has 0 radical (unpaired) electrons. The van der Waals surface area contributed by atoms with E-state index in [0.717, 1.165) is 15.9 Å². The summed E-state index contributed by atoms with van der Waals surface area (Å²) in [5.74, 6) is 0.429. The van der Waals surface area contributed by atoms with Crippen LogP contribution in [0.1, 0.15) is 15.5 Å². The van der Waals surface area contributed by atoms with Crippen LogP contribution in [0.4, 0.5) is 5.95 Å². The third kappa shape index (κ3) is 3.04. The van der Waals surface area contributed by atoms with Gasteiger partial charge in [0.2, 0.25) is 5.95 Å². The molecule has 22 heavy (non-hydrogen) atoms. The lowest BCUT2D eigenvalue weighted by Gasteiger charge is -2.10. The second kappa shape index (κ2) is 6.07. The Balaban J connectivity index is 1.70. The second-order valence-corrected chi connectivity index (χ2v) is 5.94. The smallest absolute Gasteiger partial charge is 0.280 e. The molecule has 2 heterocycles. The van der Waals surface area contributed by atoms with Gasteiger partial charge in [-0.3, -0.25) is 4.79 Å². The third-order valence-corrected chi connectivity index (χ3v) is 4.05. The van der Waals surface area contributed by atoms with Crippen molar-refractivity contribution in [3.8, 4) is 0 Å². The van der Waals surface area contributed by atoms with Crippen LogP contribution < -0.4 is 10.2 Å². The van der Waals surface area contributed by atoms with Gasteiger partial charge in [0, 0.05) is 20.3 Å². The zero-order valence-electron chi connectivity index (χ0n) is 12.3. The Morgan fingerprint density at radius 2 is 2.05 bits per heavy atom. The van der Waals surface area contributed by atoms with Crippen LogP contribution in [-0.2, 0) is 6.54 Å². The molecular formula is C15H15N5OS. The van der Waals surface area contributed by atoms with Gasteiger partial charge in [-0.25, -0.2) is 15.0 Å². The predicted octanol–water partition coefficient (Wildman–Crippen LogP) is 2.08. The van der Waals surface area contributed by atoms with Crippen molar-refractivity contribution < 1.29 is 4.79 Å². The zero-order chi connectivity index (χ0) is 15.5. The van der Waals surface area contributed by atoms with Gasteiger partial charge >= 0.3 is 0 Å². The van der Waals surface area contributed by atoms with Crippen molar-refractivity contribution in [1.29, 1.82) is 0 Å². The molecule has 0 saturated carbocycles. The topological polar surface area (TPSA) is 71.0 Å². The fourth-order valence-corrected chi connectivity index (χ4v) is 2.80. The summed E-state index contributed by atoms with van der Waals surface area (Å²) < 4.78 is 1.00. The summed E-state index contributed by atoms with van der Waals surface area (Å²) in [6.45, 7) is 0.345. The predicted molar refractivity (Wildman–Crippen MR) is 87.1 cm³/mol. The van der Waals surface area contributed by atoms with Crippen LogP contribution in [0.3, 0.4) is 0 Å². The molecule has 0 aliphatic carbocycles. The van der Waals surface area contributed by atoms with Crippen LogP contribution in [0.15, 0.2) is 36.5 Å². The molecular weight excluding hydrogens is 298 g/mol. The van der Waals surface area contributed by atoms with Crippen LogP contribution in [-0.4, -0.2) is 35.0 Å². The lowest BCUT2D eigenvalue weighted by atomic mass is 10.3. The molecule has 0 aliphatic rings. The minimum Gasteiger partial charge on any atom is -0.347 e. The Morgan fingerprint density at radius 1 is 1.23 bits per heavy atom. The van der Waals surface area contributed by atoms with Gasteiger partial charge in [-0.2, -0.15) is 0 Å². The molecule has 2 aromatic heterocycles. The standard InChI is InChI=1S/C15H15N5OS/c1-20(2)15-16-8-7-10(18-15)9-17-13(21)14-19-11-5-3-4-6-12(11)22-14/h3-8H,9H2,1-2H3,(H,17,21). The van der Waals surface area contributed by atoms with E-state index in [4.69, 9.17) is 0 Å². The Labute approximate surface area is 131 Å². The summed E-state index contributed by atoms with van der Waals surface area (Å²) in [6.07, 6.45) is 1.68. The molecule has 3 aromatic rings. The van der Waals surface area contributed by atoms with Crippen LogP contribution in [0.2, 0.25) is 0 Å². The monoisotopic (exact) mass is 313 g/mol. The van der Waals surface area contributed by atoms with Gasteiger partial charge in [0.25, 0.3) is 5.91 Å². The molecule has 1 amide bonds. The van der Waals surface area contributed by atoms with Gasteiger partial charge < -0.3 is 10.2 Å². The summed E-state index contributed by atoms with van der Waals surface area (Å²) in [5.41, 5.74) is 1.60. The number of nitrogens with one attached hydrogen (secondary N) is 1. The Morgan fingerprint density at radius 3 is 2.82 bits per heavy atom. The number of amides is 1. The molecule has 0 atom stereocenters. The van der Waals surface area contributed by atoms with Crippen LogP contribution >= 0.6 is 11.3 Å². The van der Waals surface area contributed by atoms with Crippen LogP contribution in [0.5, 0.6) is 0 Å². The highest BCUT2D eigenvalue weighted by Gasteiger charge is 2.12. The Bertz CT molecular complexity index is 781. The van der Waals surface area contributed by atoms with Crippen LogP contribution in [0, 0.1) is 0 Å². The fraction of sp³-hybridized carbons (Fsp3) is 0.200. The highest BCUT2D eigenvalue weighted by molar-refractivity contribution is 7.20. The number of carbonyl (C=O) groups is 1. The number of thiazole rings is 1. The maximum atomic E-state index is 12.2. The van der Waals surface area contributed by atoms with Gasteiger partial charge in [-0.15, -0.1) is 11.3 Å². The summed E-state index contributed by atoms with van der Waals surface area (Å²) in [4.78, 5) is 26.9. The zero-order valence-corrected chi connectivity index (χ0v) is 13.1. The van der Waals surface area contributed by atoms with E-state index in [1.54, 1.807) is 12.3 Å². The van der Waals surface area contributed by atoms with E-state index in [-0.39, 0.29) is 5.91 Å². The SMILES string of the molecule is CN(C)c1nccc(CNC(=O)c2nc3ccccc3s2)n1. The van der Waals surface area contributed by atoms with Gasteiger partial charge in [-0.1, -0.05) is 12.1 Å². The highest BCUT2D eigenvalue weighted by atomic mass is 32.1. The van der Waals surface area contributed by atoms with E-state index >= 15 is 0 Å². The van der Waals surface area contributed by atoms with E-state index in [0.29, 0.717) is 17.5 Å². The van der Waals surface area contributed by atoms with Crippen molar-refractivity contribution in [3.05, 3.63) is 47.2 Å². The number of aromatic nitrogens is 3. The molecule has 1 aromatic carbocycles. The lowest BCUT2D eigenvalue weighted by molar-refractivity contribution is 0.0950. The normalized spacial score (nSPS) is 10.6.